The SMILES string of the molecule is Nc1cccc(CCO)c1C(F)(F)F. The van der Waals surface area contributed by atoms with E-state index in [0.717, 1.165) is 0 Å². The number of benzene rings is 1. The van der Waals surface area contributed by atoms with E-state index in [-0.39, 0.29) is 24.3 Å². The third-order valence-corrected chi connectivity index (χ3v) is 1.85. The molecule has 3 N–H and O–H groups in total. The highest BCUT2D eigenvalue weighted by Gasteiger charge is 2.35. The molecule has 0 radical (unpaired) electrons. The summed E-state index contributed by atoms with van der Waals surface area (Å²) in [5, 5.41) is 8.59. The molecular weight excluding hydrogens is 195 g/mol. The molecule has 1 aromatic carbocycles. The van der Waals surface area contributed by atoms with Gasteiger partial charge in [0.25, 0.3) is 0 Å². The molecule has 0 unspecified atom stereocenters. The summed E-state index contributed by atoms with van der Waals surface area (Å²) in [5.74, 6) is 0. The molecule has 14 heavy (non-hydrogen) atoms. The number of nitrogen functional groups attached to an aromatic ring is 1. The van der Waals surface area contributed by atoms with Gasteiger partial charge in [-0.15, -0.1) is 0 Å². The largest absolute Gasteiger partial charge is 0.418 e. The standard InChI is InChI=1S/C9H10F3NO/c10-9(11,12)8-6(4-5-14)2-1-3-7(8)13/h1-3,14H,4-5,13H2. The maximum Gasteiger partial charge on any atom is 0.418 e. The first-order chi connectivity index (χ1) is 6.46. The minimum Gasteiger partial charge on any atom is -0.398 e. The van der Waals surface area contributed by atoms with Gasteiger partial charge in [-0.1, -0.05) is 12.1 Å². The summed E-state index contributed by atoms with van der Waals surface area (Å²) >= 11 is 0. The second-order valence-corrected chi connectivity index (χ2v) is 2.85. The van der Waals surface area contributed by atoms with Crippen molar-refractivity contribution in [3.8, 4) is 0 Å². The molecule has 0 aliphatic heterocycles. The van der Waals surface area contributed by atoms with Gasteiger partial charge >= 0.3 is 6.18 Å². The Morgan fingerprint density at radius 3 is 2.43 bits per heavy atom. The van der Waals surface area contributed by atoms with Crippen molar-refractivity contribution in [1.29, 1.82) is 0 Å². The Hall–Kier alpha value is -1.23. The highest BCUT2D eigenvalue weighted by Crippen LogP contribution is 2.36. The molecule has 0 saturated carbocycles. The Bertz CT molecular complexity index is 322. The van der Waals surface area contributed by atoms with Crippen LogP contribution in [0.1, 0.15) is 11.1 Å². The van der Waals surface area contributed by atoms with E-state index in [2.05, 4.69) is 0 Å². The summed E-state index contributed by atoms with van der Waals surface area (Å²) in [6.45, 7) is -0.327. The molecule has 1 rings (SSSR count). The van der Waals surface area contributed by atoms with E-state index < -0.39 is 11.7 Å². The highest BCUT2D eigenvalue weighted by molar-refractivity contribution is 5.52. The fourth-order valence-corrected chi connectivity index (χ4v) is 1.29. The van der Waals surface area contributed by atoms with Crippen LogP contribution in [0.15, 0.2) is 18.2 Å². The van der Waals surface area contributed by atoms with Gasteiger partial charge < -0.3 is 10.8 Å². The van der Waals surface area contributed by atoms with Gasteiger partial charge in [-0.2, -0.15) is 13.2 Å². The second-order valence-electron chi connectivity index (χ2n) is 2.85. The summed E-state index contributed by atoms with van der Waals surface area (Å²) in [5.41, 5.74) is 4.12. The molecule has 5 heteroatoms. The molecule has 0 atom stereocenters. The van der Waals surface area contributed by atoms with Gasteiger partial charge in [0.1, 0.15) is 0 Å². The number of aliphatic hydroxyl groups is 1. The van der Waals surface area contributed by atoms with Gasteiger partial charge in [0.05, 0.1) is 5.56 Å². The molecule has 0 amide bonds. The first-order valence-corrected chi connectivity index (χ1v) is 4.02. The number of alkyl halides is 3. The lowest BCUT2D eigenvalue weighted by molar-refractivity contribution is -0.137. The number of nitrogens with two attached hydrogens (primary N) is 1. The van der Waals surface area contributed by atoms with Crippen LogP contribution in [0.5, 0.6) is 0 Å². The molecule has 1 aromatic rings. The highest BCUT2D eigenvalue weighted by atomic mass is 19.4. The number of rotatable bonds is 2. The van der Waals surface area contributed by atoms with Crippen LogP contribution < -0.4 is 5.73 Å². The number of aliphatic hydroxyl groups excluding tert-OH is 1. The van der Waals surface area contributed by atoms with E-state index in [9.17, 15) is 13.2 Å². The van der Waals surface area contributed by atoms with Gasteiger partial charge in [-0.25, -0.2) is 0 Å². The third kappa shape index (κ3) is 2.17. The lowest BCUT2D eigenvalue weighted by atomic mass is 10.0. The van der Waals surface area contributed by atoms with Crippen molar-refractivity contribution in [3.63, 3.8) is 0 Å². The first-order valence-electron chi connectivity index (χ1n) is 4.02. The molecule has 78 valence electrons. The van der Waals surface area contributed by atoms with Crippen LogP contribution in [0.3, 0.4) is 0 Å². The van der Waals surface area contributed by atoms with Crippen LogP contribution in [0, 0.1) is 0 Å². The lowest BCUT2D eigenvalue weighted by Crippen LogP contribution is -2.13. The molecule has 0 aromatic heterocycles. The van der Waals surface area contributed by atoms with E-state index in [0.29, 0.717) is 0 Å². The zero-order chi connectivity index (χ0) is 10.8. The Morgan fingerprint density at radius 1 is 1.29 bits per heavy atom. The third-order valence-electron chi connectivity index (χ3n) is 1.85. The topological polar surface area (TPSA) is 46.2 Å². The Balaban J connectivity index is 3.22. The zero-order valence-electron chi connectivity index (χ0n) is 7.30. The summed E-state index contributed by atoms with van der Waals surface area (Å²) in [4.78, 5) is 0. The normalized spacial score (nSPS) is 11.7. The van der Waals surface area contributed by atoms with Crippen LogP contribution in [0.25, 0.3) is 0 Å². The predicted octanol–water partition coefficient (Wildman–Crippen LogP) is 1.82. The summed E-state index contributed by atoms with van der Waals surface area (Å²) in [6, 6.07) is 3.95. The zero-order valence-corrected chi connectivity index (χ0v) is 7.30. The van der Waals surface area contributed by atoms with Crippen molar-refractivity contribution >= 4 is 5.69 Å². The van der Waals surface area contributed by atoms with Crippen LogP contribution in [-0.2, 0) is 12.6 Å². The second kappa shape index (κ2) is 3.88. The van der Waals surface area contributed by atoms with E-state index in [1.165, 1.54) is 18.2 Å². The van der Waals surface area contributed by atoms with Crippen molar-refractivity contribution in [2.24, 2.45) is 0 Å². The molecule has 0 aliphatic carbocycles. The molecule has 0 heterocycles. The average molecular weight is 205 g/mol. The fraction of sp³-hybridized carbons (Fsp3) is 0.333. The monoisotopic (exact) mass is 205 g/mol. The van der Waals surface area contributed by atoms with Crippen LogP contribution in [0.2, 0.25) is 0 Å². The van der Waals surface area contributed by atoms with Gasteiger partial charge in [0, 0.05) is 12.3 Å². The van der Waals surface area contributed by atoms with Crippen LogP contribution >= 0.6 is 0 Å². The van der Waals surface area contributed by atoms with E-state index in [1.807, 2.05) is 0 Å². The van der Waals surface area contributed by atoms with Crippen molar-refractivity contribution in [3.05, 3.63) is 29.3 Å². The molecule has 0 aliphatic rings. The average Bonchev–Trinajstić information content (AvgIpc) is 2.02. The molecule has 2 nitrogen and oxygen atoms in total. The number of hydrogen-bond donors (Lipinski definition) is 2. The van der Waals surface area contributed by atoms with Crippen LogP contribution in [-0.4, -0.2) is 11.7 Å². The molecule has 0 bridgehead atoms. The quantitative estimate of drug-likeness (QED) is 0.723. The maximum atomic E-state index is 12.5. The molecular formula is C9H10F3NO. The maximum absolute atomic E-state index is 12.5. The first kappa shape index (κ1) is 10.8. The van der Waals surface area contributed by atoms with Crippen molar-refractivity contribution in [2.75, 3.05) is 12.3 Å². The summed E-state index contributed by atoms with van der Waals surface area (Å²) in [7, 11) is 0. The van der Waals surface area contributed by atoms with Gasteiger partial charge in [-0.3, -0.25) is 0 Å². The Labute approximate surface area is 79.2 Å². The minimum absolute atomic E-state index is 0.0278. The van der Waals surface area contributed by atoms with Crippen molar-refractivity contribution in [2.45, 2.75) is 12.6 Å². The van der Waals surface area contributed by atoms with E-state index >= 15 is 0 Å². The van der Waals surface area contributed by atoms with Gasteiger partial charge in [0.15, 0.2) is 0 Å². The lowest BCUT2D eigenvalue weighted by Gasteiger charge is -2.14. The summed E-state index contributed by atoms with van der Waals surface area (Å²) in [6.07, 6.45) is -4.50. The fourth-order valence-electron chi connectivity index (χ4n) is 1.29. The van der Waals surface area contributed by atoms with Crippen molar-refractivity contribution in [1.82, 2.24) is 0 Å². The molecule has 0 saturated heterocycles. The van der Waals surface area contributed by atoms with Gasteiger partial charge in [0.2, 0.25) is 0 Å². The van der Waals surface area contributed by atoms with Crippen LogP contribution in [0.4, 0.5) is 18.9 Å². The summed E-state index contributed by atoms with van der Waals surface area (Å²) < 4.78 is 37.4. The minimum atomic E-state index is -4.46. The van der Waals surface area contributed by atoms with Crippen molar-refractivity contribution < 1.29 is 18.3 Å². The molecule has 0 spiro atoms. The molecule has 0 fully saturated rings. The van der Waals surface area contributed by atoms with Gasteiger partial charge in [-0.05, 0) is 18.1 Å². The smallest absolute Gasteiger partial charge is 0.398 e. The Morgan fingerprint density at radius 2 is 1.93 bits per heavy atom. The van der Waals surface area contributed by atoms with E-state index in [4.69, 9.17) is 10.8 Å². The Kier molecular flexibility index (Phi) is 3.00. The number of hydrogen-bond acceptors (Lipinski definition) is 2. The van der Waals surface area contributed by atoms with E-state index in [1.54, 1.807) is 0 Å². The number of halogens is 3. The number of anilines is 1. The predicted molar refractivity (Wildman–Crippen MR) is 46.6 cm³/mol.